The highest BCUT2D eigenvalue weighted by molar-refractivity contribution is 5.91. The summed E-state index contributed by atoms with van der Waals surface area (Å²) >= 11 is 0. The topological polar surface area (TPSA) is 65.1 Å². The molecule has 0 radical (unpaired) electrons. The molecular weight excluding hydrogens is 298 g/mol. The normalized spacial score (nSPS) is 27.1. The Morgan fingerprint density at radius 2 is 1.96 bits per heavy atom. The zero-order valence-electron chi connectivity index (χ0n) is 12.9. The maximum Gasteiger partial charge on any atom is 0.331 e. The van der Waals surface area contributed by atoms with Crippen molar-refractivity contribution in [3.63, 3.8) is 0 Å². The molecule has 3 atom stereocenters. The first-order valence-electron chi connectivity index (χ1n) is 7.62. The Hall–Kier alpha value is -2.18. The lowest BCUT2D eigenvalue weighted by Gasteiger charge is -2.17. The molecule has 0 aromatic heterocycles. The van der Waals surface area contributed by atoms with E-state index in [0.717, 1.165) is 37.1 Å². The minimum absolute atomic E-state index is 0.00619. The van der Waals surface area contributed by atoms with Crippen LogP contribution in [0, 0.1) is 0 Å². The highest BCUT2D eigenvalue weighted by atomic mass is 16.7. The molecule has 2 heterocycles. The summed E-state index contributed by atoms with van der Waals surface area (Å²) in [5.41, 5.74) is 1.12. The van der Waals surface area contributed by atoms with Crippen molar-refractivity contribution in [1.29, 1.82) is 0 Å². The van der Waals surface area contributed by atoms with Gasteiger partial charge in [-0.2, -0.15) is 5.06 Å². The van der Waals surface area contributed by atoms with Crippen molar-refractivity contribution in [3.8, 4) is 0 Å². The summed E-state index contributed by atoms with van der Waals surface area (Å²) < 4.78 is 9.89. The first kappa shape index (κ1) is 15.7. The number of methoxy groups -OCH3 is 1. The second-order valence-electron chi connectivity index (χ2n) is 5.57. The van der Waals surface area contributed by atoms with Crippen LogP contribution in [0.25, 0.3) is 0 Å². The van der Waals surface area contributed by atoms with Crippen molar-refractivity contribution in [2.24, 2.45) is 0 Å². The van der Waals surface area contributed by atoms with Crippen LogP contribution in [0.5, 0.6) is 0 Å². The molecule has 0 N–H and O–H groups in total. The third kappa shape index (κ3) is 3.60. The van der Waals surface area contributed by atoms with Crippen molar-refractivity contribution in [2.45, 2.75) is 31.1 Å². The molecule has 0 aliphatic carbocycles. The van der Waals surface area contributed by atoms with Crippen LogP contribution in [0.4, 0.5) is 0 Å². The summed E-state index contributed by atoms with van der Waals surface area (Å²) in [6, 6.07) is 10.1. The molecule has 0 unspecified atom stereocenters. The number of esters is 2. The largest absolute Gasteiger partial charge is 0.466 e. The number of benzene rings is 1. The molecule has 2 aliphatic rings. The number of nitrogens with zero attached hydrogens (tertiary/aromatic N) is 1. The van der Waals surface area contributed by atoms with Crippen molar-refractivity contribution in [2.75, 3.05) is 13.7 Å². The first-order chi connectivity index (χ1) is 11.2. The van der Waals surface area contributed by atoms with E-state index in [2.05, 4.69) is 4.74 Å². The maximum absolute atomic E-state index is 11.8. The Balaban J connectivity index is 1.58. The summed E-state index contributed by atoms with van der Waals surface area (Å²) in [6.07, 6.45) is 3.44. The van der Waals surface area contributed by atoms with Gasteiger partial charge in [0.2, 0.25) is 0 Å². The Morgan fingerprint density at radius 3 is 2.70 bits per heavy atom. The lowest BCUT2D eigenvalue weighted by Crippen LogP contribution is -2.31. The molecular formula is C17H19NO5. The Labute approximate surface area is 134 Å². The van der Waals surface area contributed by atoms with Gasteiger partial charge >= 0.3 is 11.9 Å². The van der Waals surface area contributed by atoms with Gasteiger partial charge in [0.25, 0.3) is 0 Å². The molecule has 1 aromatic carbocycles. The lowest BCUT2D eigenvalue weighted by molar-refractivity contribution is -0.160. The van der Waals surface area contributed by atoms with Gasteiger partial charge in [-0.05, 0) is 5.56 Å². The van der Waals surface area contributed by atoms with Crippen molar-refractivity contribution >= 4 is 11.9 Å². The minimum atomic E-state index is -0.580. The molecule has 0 saturated carbocycles. The second-order valence-corrected chi connectivity index (χ2v) is 5.57. The lowest BCUT2D eigenvalue weighted by atomic mass is 10.0. The summed E-state index contributed by atoms with van der Waals surface area (Å²) in [4.78, 5) is 28.7. The van der Waals surface area contributed by atoms with Crippen LogP contribution >= 0.6 is 0 Å². The standard InChI is InChI=1S/C17H19NO5/c1-21-16(19)7-8-17(20)22-14-9-10-18-13(14)11-15(23-18)12-5-3-2-4-6-12/h2-8,13-15H,9-11H2,1H3/b8-7-/t13-,14-,15-/m1/s1. The Kier molecular flexibility index (Phi) is 4.73. The molecule has 1 aromatic rings. The monoisotopic (exact) mass is 317 g/mol. The van der Waals surface area contributed by atoms with Gasteiger partial charge in [0.05, 0.1) is 13.2 Å². The molecule has 6 heteroatoms. The van der Waals surface area contributed by atoms with Gasteiger partial charge in [-0.25, -0.2) is 9.59 Å². The van der Waals surface area contributed by atoms with Crippen LogP contribution < -0.4 is 0 Å². The van der Waals surface area contributed by atoms with Gasteiger partial charge in [-0.1, -0.05) is 30.3 Å². The maximum atomic E-state index is 11.8. The summed E-state index contributed by atoms with van der Waals surface area (Å²) in [7, 11) is 1.26. The van der Waals surface area contributed by atoms with E-state index in [1.165, 1.54) is 7.11 Å². The Bertz CT molecular complexity index is 600. The fourth-order valence-corrected chi connectivity index (χ4v) is 3.02. The molecule has 6 nitrogen and oxygen atoms in total. The fraction of sp³-hybridized carbons (Fsp3) is 0.412. The van der Waals surface area contributed by atoms with Crippen LogP contribution in [0.1, 0.15) is 24.5 Å². The van der Waals surface area contributed by atoms with E-state index >= 15 is 0 Å². The predicted molar refractivity (Wildman–Crippen MR) is 81.0 cm³/mol. The van der Waals surface area contributed by atoms with Crippen molar-refractivity contribution in [3.05, 3.63) is 48.0 Å². The van der Waals surface area contributed by atoms with E-state index in [1.54, 1.807) is 0 Å². The number of carbonyl (C=O) groups is 2. The van der Waals surface area contributed by atoms with E-state index < -0.39 is 11.9 Å². The van der Waals surface area contributed by atoms with Gasteiger partial charge in [0, 0.05) is 31.5 Å². The van der Waals surface area contributed by atoms with E-state index in [9.17, 15) is 9.59 Å². The average molecular weight is 317 g/mol. The van der Waals surface area contributed by atoms with E-state index in [1.807, 2.05) is 35.4 Å². The minimum Gasteiger partial charge on any atom is -0.466 e. The highest BCUT2D eigenvalue weighted by Gasteiger charge is 2.45. The summed E-state index contributed by atoms with van der Waals surface area (Å²) in [5.74, 6) is -1.12. The van der Waals surface area contributed by atoms with E-state index in [4.69, 9.17) is 9.57 Å². The summed E-state index contributed by atoms with van der Waals surface area (Å²) in [5, 5.41) is 1.90. The molecule has 2 fully saturated rings. The number of carbonyl (C=O) groups excluding carboxylic acids is 2. The van der Waals surface area contributed by atoms with Gasteiger partial charge in [-0.15, -0.1) is 0 Å². The van der Waals surface area contributed by atoms with Crippen LogP contribution in [0.3, 0.4) is 0 Å². The Morgan fingerprint density at radius 1 is 1.22 bits per heavy atom. The number of hydrogen-bond donors (Lipinski definition) is 0. The molecule has 0 bridgehead atoms. The number of hydrogen-bond acceptors (Lipinski definition) is 6. The van der Waals surface area contributed by atoms with Crippen LogP contribution in [-0.4, -0.2) is 42.8 Å². The summed E-state index contributed by atoms with van der Waals surface area (Å²) in [6.45, 7) is 0.729. The third-order valence-corrected chi connectivity index (χ3v) is 4.15. The van der Waals surface area contributed by atoms with Crippen LogP contribution in [0.2, 0.25) is 0 Å². The number of hydroxylamine groups is 2. The second kappa shape index (κ2) is 6.93. The zero-order valence-corrected chi connectivity index (χ0v) is 12.9. The molecule has 0 amide bonds. The smallest absolute Gasteiger partial charge is 0.331 e. The van der Waals surface area contributed by atoms with Gasteiger partial charge < -0.3 is 9.47 Å². The number of fused-ring (bicyclic) bond motifs is 1. The quantitative estimate of drug-likeness (QED) is 0.623. The first-order valence-corrected chi connectivity index (χ1v) is 7.62. The van der Waals surface area contributed by atoms with E-state index in [-0.39, 0.29) is 18.2 Å². The molecule has 2 aliphatic heterocycles. The predicted octanol–water partition coefficient (Wildman–Crippen LogP) is 1.78. The van der Waals surface area contributed by atoms with Crippen molar-refractivity contribution < 1.29 is 23.9 Å². The number of ether oxygens (including phenoxy) is 2. The highest BCUT2D eigenvalue weighted by Crippen LogP contribution is 2.39. The van der Waals surface area contributed by atoms with Crippen molar-refractivity contribution in [1.82, 2.24) is 5.06 Å². The average Bonchev–Trinajstić information content (AvgIpc) is 3.15. The van der Waals surface area contributed by atoms with Crippen LogP contribution in [0.15, 0.2) is 42.5 Å². The van der Waals surface area contributed by atoms with Gasteiger partial charge in [0.15, 0.2) is 0 Å². The molecule has 2 saturated heterocycles. The SMILES string of the molecule is COC(=O)/C=C\C(=O)O[C@@H]1CCN2O[C@@H](c3ccccc3)C[C@H]12. The molecule has 122 valence electrons. The van der Waals surface area contributed by atoms with Gasteiger partial charge in [0.1, 0.15) is 12.2 Å². The van der Waals surface area contributed by atoms with Gasteiger partial charge in [-0.3, -0.25) is 4.84 Å². The molecule has 0 spiro atoms. The zero-order chi connectivity index (χ0) is 16.2. The fourth-order valence-electron chi connectivity index (χ4n) is 3.02. The number of rotatable bonds is 4. The van der Waals surface area contributed by atoms with E-state index in [0.29, 0.717) is 0 Å². The molecule has 3 rings (SSSR count). The molecule has 23 heavy (non-hydrogen) atoms. The van der Waals surface area contributed by atoms with Crippen LogP contribution in [-0.2, 0) is 23.9 Å². The third-order valence-electron chi connectivity index (χ3n) is 4.15.